The highest BCUT2D eigenvalue weighted by Crippen LogP contribution is 2.22. The number of carbonyl (C=O) groups excluding carboxylic acids is 2. The van der Waals surface area contributed by atoms with E-state index in [-0.39, 0.29) is 23.8 Å². The first-order valence-corrected chi connectivity index (χ1v) is 8.39. The maximum Gasteiger partial charge on any atom is 0.253 e. The molecule has 2 aliphatic rings. The summed E-state index contributed by atoms with van der Waals surface area (Å²) < 4.78 is 0. The molecule has 0 aromatic carbocycles. The van der Waals surface area contributed by atoms with Crippen LogP contribution in [0.4, 0.5) is 0 Å². The molecule has 2 N–H and O–H groups in total. The summed E-state index contributed by atoms with van der Waals surface area (Å²) in [6.07, 6.45) is 6.92. The number of carbonyl (C=O) groups is 2. The van der Waals surface area contributed by atoms with Crippen molar-refractivity contribution in [1.82, 2.24) is 14.8 Å². The van der Waals surface area contributed by atoms with Crippen LogP contribution in [0, 0.1) is 5.92 Å². The van der Waals surface area contributed by atoms with E-state index in [1.165, 1.54) is 0 Å². The predicted molar refractivity (Wildman–Crippen MR) is 86.7 cm³/mol. The fourth-order valence-corrected chi connectivity index (χ4v) is 3.51. The first-order chi connectivity index (χ1) is 11.1. The van der Waals surface area contributed by atoms with Gasteiger partial charge in [-0.25, -0.2) is 0 Å². The molecule has 6 nitrogen and oxygen atoms in total. The van der Waals surface area contributed by atoms with Gasteiger partial charge >= 0.3 is 0 Å². The highest BCUT2D eigenvalue weighted by molar-refractivity contribution is 5.94. The number of aromatic nitrogens is 1. The van der Waals surface area contributed by atoms with Gasteiger partial charge in [-0.05, 0) is 37.8 Å². The fraction of sp³-hybridized carbons (Fsp3) is 0.588. The summed E-state index contributed by atoms with van der Waals surface area (Å²) in [5.74, 6) is 0.0486. The van der Waals surface area contributed by atoms with Crippen LogP contribution in [-0.2, 0) is 4.79 Å². The number of hydrogen-bond donors (Lipinski definition) is 1. The maximum atomic E-state index is 12.7. The van der Waals surface area contributed by atoms with Crippen molar-refractivity contribution in [3.05, 3.63) is 30.1 Å². The van der Waals surface area contributed by atoms with Crippen LogP contribution < -0.4 is 5.73 Å². The molecule has 0 aliphatic carbocycles. The monoisotopic (exact) mass is 316 g/mol. The quantitative estimate of drug-likeness (QED) is 0.878. The molecule has 3 heterocycles. The molecule has 0 bridgehead atoms. The van der Waals surface area contributed by atoms with Crippen LogP contribution in [-0.4, -0.2) is 58.8 Å². The van der Waals surface area contributed by atoms with Crippen LogP contribution in [0.5, 0.6) is 0 Å². The average Bonchev–Trinajstić information content (AvgIpc) is 2.61. The Morgan fingerprint density at radius 2 is 1.74 bits per heavy atom. The van der Waals surface area contributed by atoms with Gasteiger partial charge in [-0.15, -0.1) is 0 Å². The lowest BCUT2D eigenvalue weighted by molar-refractivity contribution is -0.138. The van der Waals surface area contributed by atoms with Crippen molar-refractivity contribution in [3.8, 4) is 0 Å². The Kier molecular flexibility index (Phi) is 4.91. The van der Waals surface area contributed by atoms with Gasteiger partial charge in [-0.1, -0.05) is 0 Å². The maximum absolute atomic E-state index is 12.7. The Balaban J connectivity index is 1.64. The Morgan fingerprint density at radius 3 is 2.48 bits per heavy atom. The zero-order valence-corrected chi connectivity index (χ0v) is 13.4. The van der Waals surface area contributed by atoms with Crippen molar-refractivity contribution < 1.29 is 9.59 Å². The second-order valence-electron chi connectivity index (χ2n) is 6.51. The Hall–Kier alpha value is -1.95. The molecule has 2 aliphatic heterocycles. The third kappa shape index (κ3) is 3.69. The molecule has 0 spiro atoms. The SMILES string of the molecule is NC1CCCN(C(=O)C2CCCN(C(=O)c3ccncc3)C2)C1. The third-order valence-electron chi connectivity index (χ3n) is 4.75. The van der Waals surface area contributed by atoms with Crippen LogP contribution in [0.3, 0.4) is 0 Å². The normalized spacial score (nSPS) is 25.3. The van der Waals surface area contributed by atoms with Crippen molar-refractivity contribution in [2.45, 2.75) is 31.7 Å². The molecule has 1 aromatic rings. The summed E-state index contributed by atoms with van der Waals surface area (Å²) in [5, 5.41) is 0. The average molecular weight is 316 g/mol. The molecule has 124 valence electrons. The van der Waals surface area contributed by atoms with Gasteiger partial charge in [0.15, 0.2) is 0 Å². The first kappa shape index (κ1) is 15.9. The number of amides is 2. The molecule has 23 heavy (non-hydrogen) atoms. The fourth-order valence-electron chi connectivity index (χ4n) is 3.51. The molecular formula is C17H24N4O2. The van der Waals surface area contributed by atoms with Crippen LogP contribution in [0.25, 0.3) is 0 Å². The van der Waals surface area contributed by atoms with Gasteiger partial charge in [0.25, 0.3) is 5.91 Å². The molecule has 2 fully saturated rings. The number of likely N-dealkylation sites (tertiary alicyclic amines) is 2. The minimum atomic E-state index is -0.0974. The number of rotatable bonds is 2. The lowest BCUT2D eigenvalue weighted by Crippen LogP contribution is -2.51. The van der Waals surface area contributed by atoms with Crippen molar-refractivity contribution in [1.29, 1.82) is 0 Å². The third-order valence-corrected chi connectivity index (χ3v) is 4.75. The van der Waals surface area contributed by atoms with E-state index in [0.29, 0.717) is 25.2 Å². The Labute approximate surface area is 136 Å². The standard InChI is InChI=1S/C17H24N4O2/c18-15-4-2-10-21(12-15)17(23)14-3-1-9-20(11-14)16(22)13-5-7-19-8-6-13/h5-8,14-15H,1-4,9-12,18H2. The molecule has 6 heteroatoms. The van der Waals surface area contributed by atoms with Gasteiger partial charge < -0.3 is 15.5 Å². The van der Waals surface area contributed by atoms with E-state index in [0.717, 1.165) is 32.2 Å². The van der Waals surface area contributed by atoms with E-state index >= 15 is 0 Å². The number of hydrogen-bond acceptors (Lipinski definition) is 4. The summed E-state index contributed by atoms with van der Waals surface area (Å²) in [4.78, 5) is 32.9. The van der Waals surface area contributed by atoms with E-state index in [9.17, 15) is 9.59 Å². The summed E-state index contributed by atoms with van der Waals surface area (Å²) in [5.41, 5.74) is 6.61. The van der Waals surface area contributed by atoms with E-state index in [1.807, 2.05) is 4.90 Å². The van der Waals surface area contributed by atoms with Crippen LogP contribution in [0.2, 0.25) is 0 Å². The van der Waals surface area contributed by atoms with Gasteiger partial charge in [0.1, 0.15) is 0 Å². The molecular weight excluding hydrogens is 292 g/mol. The molecule has 2 amide bonds. The minimum Gasteiger partial charge on any atom is -0.341 e. The summed E-state index contributed by atoms with van der Waals surface area (Å²) >= 11 is 0. The molecule has 2 unspecified atom stereocenters. The highest BCUT2D eigenvalue weighted by atomic mass is 16.2. The van der Waals surface area contributed by atoms with Crippen LogP contribution >= 0.6 is 0 Å². The number of pyridine rings is 1. The molecule has 2 atom stereocenters. The van der Waals surface area contributed by atoms with Gasteiger partial charge in [0.05, 0.1) is 5.92 Å². The number of nitrogens with zero attached hydrogens (tertiary/aromatic N) is 3. The van der Waals surface area contributed by atoms with Gasteiger partial charge in [-0.3, -0.25) is 14.6 Å². The van der Waals surface area contributed by atoms with Gasteiger partial charge in [-0.2, -0.15) is 0 Å². The van der Waals surface area contributed by atoms with Crippen molar-refractivity contribution in [2.75, 3.05) is 26.2 Å². The highest BCUT2D eigenvalue weighted by Gasteiger charge is 2.32. The molecule has 3 rings (SSSR count). The van der Waals surface area contributed by atoms with Gasteiger partial charge in [0.2, 0.25) is 5.91 Å². The Bertz CT molecular complexity index is 563. The second-order valence-corrected chi connectivity index (χ2v) is 6.51. The molecule has 1 aromatic heterocycles. The zero-order valence-electron chi connectivity index (χ0n) is 13.4. The van der Waals surface area contributed by atoms with Gasteiger partial charge in [0, 0.05) is 50.2 Å². The van der Waals surface area contributed by atoms with Crippen molar-refractivity contribution >= 4 is 11.8 Å². The Morgan fingerprint density at radius 1 is 1.04 bits per heavy atom. The number of piperidine rings is 2. The lowest BCUT2D eigenvalue weighted by atomic mass is 9.94. The largest absolute Gasteiger partial charge is 0.341 e. The number of nitrogens with two attached hydrogens (primary N) is 1. The topological polar surface area (TPSA) is 79.5 Å². The van der Waals surface area contributed by atoms with E-state index in [2.05, 4.69) is 4.98 Å². The first-order valence-electron chi connectivity index (χ1n) is 8.39. The van der Waals surface area contributed by atoms with E-state index < -0.39 is 0 Å². The van der Waals surface area contributed by atoms with E-state index in [1.54, 1.807) is 29.4 Å². The lowest BCUT2D eigenvalue weighted by Gasteiger charge is -2.37. The minimum absolute atomic E-state index is 0.0137. The second kappa shape index (κ2) is 7.08. The van der Waals surface area contributed by atoms with Crippen LogP contribution in [0.15, 0.2) is 24.5 Å². The molecule has 0 saturated carbocycles. The molecule has 0 radical (unpaired) electrons. The van der Waals surface area contributed by atoms with Crippen molar-refractivity contribution in [2.24, 2.45) is 11.7 Å². The van der Waals surface area contributed by atoms with E-state index in [4.69, 9.17) is 5.73 Å². The van der Waals surface area contributed by atoms with Crippen LogP contribution in [0.1, 0.15) is 36.0 Å². The summed E-state index contributed by atoms with van der Waals surface area (Å²) in [7, 11) is 0. The summed E-state index contributed by atoms with van der Waals surface area (Å²) in [6.45, 7) is 2.66. The van der Waals surface area contributed by atoms with Crippen molar-refractivity contribution in [3.63, 3.8) is 0 Å². The summed E-state index contributed by atoms with van der Waals surface area (Å²) in [6, 6.07) is 3.53. The zero-order chi connectivity index (χ0) is 16.2. The smallest absolute Gasteiger partial charge is 0.253 e. The predicted octanol–water partition coefficient (Wildman–Crippen LogP) is 0.883. The molecule has 2 saturated heterocycles.